The van der Waals surface area contributed by atoms with E-state index in [1.807, 2.05) is 6.07 Å². The molecule has 0 saturated carbocycles. The maximum Gasteiger partial charge on any atom is 0.164 e. The molecular formula is C21H31FN2O2. The number of ether oxygens (including phenoxy) is 1. The molecule has 3 rings (SSSR count). The number of hydrogen-bond acceptors (Lipinski definition) is 4. The van der Waals surface area contributed by atoms with Crippen molar-refractivity contribution in [2.45, 2.75) is 52.2 Å². The molecule has 0 spiro atoms. The van der Waals surface area contributed by atoms with Gasteiger partial charge in [0.05, 0.1) is 23.5 Å². The lowest BCUT2D eigenvalue weighted by molar-refractivity contribution is -0.0690. The number of carbonyl (C=O) groups excluding carboxylic acids is 1. The maximum absolute atomic E-state index is 14.1. The number of ketones is 1. The van der Waals surface area contributed by atoms with Crippen LogP contribution in [0.1, 0.15) is 50.4 Å². The number of halogens is 1. The Bertz CT molecular complexity index is 618. The van der Waals surface area contributed by atoms with E-state index >= 15 is 0 Å². The summed E-state index contributed by atoms with van der Waals surface area (Å²) in [4.78, 5) is 16.5. The number of hydrogen-bond donors (Lipinski definition) is 0. The number of rotatable bonds is 5. The molecule has 2 fully saturated rings. The molecule has 0 aliphatic carbocycles. The summed E-state index contributed by atoms with van der Waals surface area (Å²) in [6.45, 7) is 10.7. The fraction of sp³-hybridized carbons (Fsp3) is 0.667. The van der Waals surface area contributed by atoms with Crippen LogP contribution in [0.5, 0.6) is 0 Å². The van der Waals surface area contributed by atoms with Crippen LogP contribution in [-0.2, 0) is 4.74 Å². The van der Waals surface area contributed by atoms with E-state index in [4.69, 9.17) is 4.74 Å². The number of nitrogens with zero attached hydrogens (tertiary/aromatic N) is 2. The molecule has 1 aromatic rings. The molecule has 4 nitrogen and oxygen atoms in total. The molecule has 2 heterocycles. The van der Waals surface area contributed by atoms with Crippen molar-refractivity contribution in [1.82, 2.24) is 4.90 Å². The van der Waals surface area contributed by atoms with Gasteiger partial charge >= 0.3 is 0 Å². The first-order valence-electron chi connectivity index (χ1n) is 9.86. The SMILES string of the molecule is CC(=O)c1c(F)cccc1N1CCC(CCN2CC(C)OC(C)C2)CC1. The van der Waals surface area contributed by atoms with Gasteiger partial charge in [-0.2, -0.15) is 0 Å². The zero-order chi connectivity index (χ0) is 18.7. The van der Waals surface area contributed by atoms with Crippen LogP contribution in [0, 0.1) is 11.7 Å². The third-order valence-corrected chi connectivity index (χ3v) is 5.65. The molecule has 0 radical (unpaired) electrons. The Morgan fingerprint density at radius 1 is 1.19 bits per heavy atom. The lowest BCUT2D eigenvalue weighted by Crippen LogP contribution is -2.46. The van der Waals surface area contributed by atoms with E-state index in [2.05, 4.69) is 23.6 Å². The predicted octanol–water partition coefficient (Wildman–Crippen LogP) is 3.74. The molecule has 5 heteroatoms. The van der Waals surface area contributed by atoms with E-state index in [1.165, 1.54) is 19.4 Å². The van der Waals surface area contributed by atoms with Crippen LogP contribution in [0.15, 0.2) is 18.2 Å². The highest BCUT2D eigenvalue weighted by Crippen LogP contribution is 2.29. The molecule has 0 amide bonds. The Labute approximate surface area is 156 Å². The van der Waals surface area contributed by atoms with Crippen LogP contribution in [0.4, 0.5) is 10.1 Å². The quantitative estimate of drug-likeness (QED) is 0.747. The summed E-state index contributed by atoms with van der Waals surface area (Å²) in [5.74, 6) is 0.0949. The number of Topliss-reactive ketones (excluding diaryl/α,β-unsaturated/α-hetero) is 1. The van der Waals surface area contributed by atoms with E-state index in [-0.39, 0.29) is 11.3 Å². The molecule has 0 aromatic heterocycles. The van der Waals surface area contributed by atoms with Gasteiger partial charge in [0.1, 0.15) is 5.82 Å². The second-order valence-electron chi connectivity index (χ2n) is 7.93. The van der Waals surface area contributed by atoms with Crippen molar-refractivity contribution in [2.75, 3.05) is 37.6 Å². The Kier molecular flexibility index (Phi) is 6.30. The van der Waals surface area contributed by atoms with Gasteiger partial charge in [0.2, 0.25) is 0 Å². The average Bonchev–Trinajstić information content (AvgIpc) is 2.59. The van der Waals surface area contributed by atoms with Crippen molar-refractivity contribution in [3.8, 4) is 0 Å². The molecule has 0 N–H and O–H groups in total. The molecule has 1 aromatic carbocycles. The van der Waals surface area contributed by atoms with Crippen molar-refractivity contribution >= 4 is 11.5 Å². The van der Waals surface area contributed by atoms with Gasteiger partial charge in [0, 0.05) is 26.2 Å². The number of morpholine rings is 1. The standard InChI is InChI=1S/C21H31FN2O2/c1-15-13-23(14-16(2)26-15)10-7-18-8-11-24(12-9-18)20-6-4-5-19(22)21(20)17(3)25/h4-6,15-16,18H,7-14H2,1-3H3. The van der Waals surface area contributed by atoms with Gasteiger partial charge < -0.3 is 9.64 Å². The third kappa shape index (κ3) is 4.63. The van der Waals surface area contributed by atoms with Gasteiger partial charge in [0.15, 0.2) is 5.78 Å². The van der Waals surface area contributed by atoms with Crippen LogP contribution in [-0.4, -0.2) is 55.6 Å². The molecule has 2 aliphatic rings. The summed E-state index contributed by atoms with van der Waals surface area (Å²) < 4.78 is 19.9. The fourth-order valence-corrected chi connectivity index (χ4v) is 4.42. The van der Waals surface area contributed by atoms with Crippen molar-refractivity contribution in [3.05, 3.63) is 29.6 Å². The minimum atomic E-state index is -0.410. The van der Waals surface area contributed by atoms with E-state index < -0.39 is 5.82 Å². The van der Waals surface area contributed by atoms with E-state index in [9.17, 15) is 9.18 Å². The van der Waals surface area contributed by atoms with Gasteiger partial charge in [-0.25, -0.2) is 4.39 Å². The Balaban J connectivity index is 1.52. The van der Waals surface area contributed by atoms with Crippen molar-refractivity contribution < 1.29 is 13.9 Å². The Morgan fingerprint density at radius 2 is 1.85 bits per heavy atom. The molecule has 2 aliphatic heterocycles. The molecular weight excluding hydrogens is 331 g/mol. The first-order chi connectivity index (χ1) is 12.4. The summed E-state index contributed by atoms with van der Waals surface area (Å²) in [5, 5.41) is 0. The van der Waals surface area contributed by atoms with Gasteiger partial charge in [0.25, 0.3) is 0 Å². The van der Waals surface area contributed by atoms with Crippen LogP contribution >= 0.6 is 0 Å². The number of piperidine rings is 1. The van der Waals surface area contributed by atoms with E-state index in [0.717, 1.165) is 51.3 Å². The second kappa shape index (κ2) is 8.49. The van der Waals surface area contributed by atoms with Gasteiger partial charge in [-0.3, -0.25) is 9.69 Å². The summed E-state index contributed by atoms with van der Waals surface area (Å²) in [7, 11) is 0. The summed E-state index contributed by atoms with van der Waals surface area (Å²) in [6.07, 6.45) is 4.04. The highest BCUT2D eigenvalue weighted by atomic mass is 19.1. The van der Waals surface area contributed by atoms with E-state index in [0.29, 0.717) is 18.1 Å². The predicted molar refractivity (Wildman–Crippen MR) is 102 cm³/mol. The molecule has 2 unspecified atom stereocenters. The second-order valence-corrected chi connectivity index (χ2v) is 7.93. The average molecular weight is 362 g/mol. The highest BCUT2D eigenvalue weighted by Gasteiger charge is 2.26. The topological polar surface area (TPSA) is 32.8 Å². The summed E-state index contributed by atoms with van der Waals surface area (Å²) in [5.41, 5.74) is 0.994. The first-order valence-corrected chi connectivity index (χ1v) is 9.86. The zero-order valence-electron chi connectivity index (χ0n) is 16.2. The lowest BCUT2D eigenvalue weighted by atomic mass is 9.92. The largest absolute Gasteiger partial charge is 0.373 e. The monoisotopic (exact) mass is 362 g/mol. The van der Waals surface area contributed by atoms with Crippen LogP contribution in [0.25, 0.3) is 0 Å². The van der Waals surface area contributed by atoms with Gasteiger partial charge in [-0.05, 0) is 64.6 Å². The van der Waals surface area contributed by atoms with Crippen LogP contribution < -0.4 is 4.90 Å². The van der Waals surface area contributed by atoms with Crippen LogP contribution in [0.3, 0.4) is 0 Å². The molecule has 2 saturated heterocycles. The zero-order valence-corrected chi connectivity index (χ0v) is 16.2. The summed E-state index contributed by atoms with van der Waals surface area (Å²) >= 11 is 0. The first kappa shape index (κ1) is 19.3. The van der Waals surface area contributed by atoms with Crippen molar-refractivity contribution in [1.29, 1.82) is 0 Å². The van der Waals surface area contributed by atoms with Gasteiger partial charge in [-0.15, -0.1) is 0 Å². The Morgan fingerprint density at radius 3 is 2.46 bits per heavy atom. The smallest absolute Gasteiger partial charge is 0.164 e. The maximum atomic E-state index is 14.1. The van der Waals surface area contributed by atoms with Crippen LogP contribution in [0.2, 0.25) is 0 Å². The molecule has 26 heavy (non-hydrogen) atoms. The van der Waals surface area contributed by atoms with Crippen molar-refractivity contribution in [3.63, 3.8) is 0 Å². The molecule has 2 atom stereocenters. The third-order valence-electron chi connectivity index (χ3n) is 5.65. The van der Waals surface area contributed by atoms with Crippen molar-refractivity contribution in [2.24, 2.45) is 5.92 Å². The van der Waals surface area contributed by atoms with Gasteiger partial charge in [-0.1, -0.05) is 6.07 Å². The highest BCUT2D eigenvalue weighted by molar-refractivity contribution is 6.00. The number of benzene rings is 1. The lowest BCUT2D eigenvalue weighted by Gasteiger charge is -2.38. The number of anilines is 1. The normalized spacial score (nSPS) is 25.5. The summed E-state index contributed by atoms with van der Waals surface area (Å²) in [6, 6.07) is 4.94. The fourth-order valence-electron chi connectivity index (χ4n) is 4.42. The Hall–Kier alpha value is -1.46. The molecule has 0 bridgehead atoms. The minimum absolute atomic E-state index is 0.198. The number of carbonyl (C=O) groups is 1. The minimum Gasteiger partial charge on any atom is -0.373 e. The molecule has 144 valence electrons. The van der Waals surface area contributed by atoms with E-state index in [1.54, 1.807) is 6.07 Å².